The van der Waals surface area contributed by atoms with E-state index in [1.54, 1.807) is 0 Å². The number of aliphatic hydroxyl groups excluding tert-OH is 1. The van der Waals surface area contributed by atoms with Gasteiger partial charge in [0.15, 0.2) is 0 Å². The SMILES string of the molecule is C[C@H]1CCC2CC[C@@H](O)C2C1. The van der Waals surface area contributed by atoms with Crippen molar-refractivity contribution in [3.8, 4) is 0 Å². The van der Waals surface area contributed by atoms with Gasteiger partial charge in [-0.1, -0.05) is 13.3 Å². The molecule has 0 aliphatic heterocycles. The van der Waals surface area contributed by atoms with Crippen LogP contribution in [-0.2, 0) is 0 Å². The maximum absolute atomic E-state index is 9.64. The third kappa shape index (κ3) is 1.31. The average Bonchev–Trinajstić information content (AvgIpc) is 2.33. The number of fused-ring (bicyclic) bond motifs is 1. The summed E-state index contributed by atoms with van der Waals surface area (Å²) in [4.78, 5) is 0. The second-order valence-electron chi connectivity index (χ2n) is 4.49. The molecule has 2 rings (SSSR count). The standard InChI is InChI=1S/C10H18O/c1-7-2-3-8-4-5-10(11)9(8)6-7/h7-11H,2-6H2,1H3/t7-,8?,9?,10+/m0/s1. The molecule has 1 heteroatoms. The Morgan fingerprint density at radius 2 is 1.82 bits per heavy atom. The molecule has 0 aromatic heterocycles. The van der Waals surface area contributed by atoms with Crippen LogP contribution in [0.25, 0.3) is 0 Å². The third-order valence-electron chi connectivity index (χ3n) is 3.64. The molecule has 2 aliphatic carbocycles. The molecule has 0 heterocycles. The van der Waals surface area contributed by atoms with Crippen molar-refractivity contribution < 1.29 is 5.11 Å². The van der Waals surface area contributed by atoms with Crippen LogP contribution in [0.15, 0.2) is 0 Å². The second kappa shape index (κ2) is 2.78. The van der Waals surface area contributed by atoms with Gasteiger partial charge < -0.3 is 5.11 Å². The minimum atomic E-state index is 0.0442. The van der Waals surface area contributed by atoms with Gasteiger partial charge in [-0.3, -0.25) is 0 Å². The van der Waals surface area contributed by atoms with Crippen LogP contribution in [0.4, 0.5) is 0 Å². The molecule has 0 bridgehead atoms. The smallest absolute Gasteiger partial charge is 0.0571 e. The average molecular weight is 154 g/mol. The lowest BCUT2D eigenvalue weighted by Crippen LogP contribution is -2.26. The van der Waals surface area contributed by atoms with Crippen LogP contribution < -0.4 is 0 Å². The zero-order chi connectivity index (χ0) is 7.84. The Labute approximate surface area is 68.8 Å². The normalized spacial score (nSPS) is 50.7. The highest BCUT2D eigenvalue weighted by molar-refractivity contribution is 4.88. The number of aliphatic hydroxyl groups is 1. The second-order valence-corrected chi connectivity index (χ2v) is 4.49. The molecular formula is C10H18O. The van der Waals surface area contributed by atoms with Crippen LogP contribution in [-0.4, -0.2) is 11.2 Å². The van der Waals surface area contributed by atoms with Gasteiger partial charge in [-0.05, 0) is 43.4 Å². The van der Waals surface area contributed by atoms with Gasteiger partial charge >= 0.3 is 0 Å². The topological polar surface area (TPSA) is 20.2 Å². The predicted octanol–water partition coefficient (Wildman–Crippen LogP) is 2.19. The Bertz CT molecular complexity index is 144. The van der Waals surface area contributed by atoms with Crippen molar-refractivity contribution in [3.63, 3.8) is 0 Å². The van der Waals surface area contributed by atoms with E-state index < -0.39 is 0 Å². The largest absolute Gasteiger partial charge is 0.393 e. The third-order valence-corrected chi connectivity index (χ3v) is 3.64. The molecule has 0 aromatic rings. The maximum atomic E-state index is 9.64. The van der Waals surface area contributed by atoms with Crippen molar-refractivity contribution in [2.24, 2.45) is 17.8 Å². The molecule has 4 atom stereocenters. The van der Waals surface area contributed by atoms with Crippen molar-refractivity contribution >= 4 is 0 Å². The zero-order valence-electron chi connectivity index (χ0n) is 7.29. The van der Waals surface area contributed by atoms with E-state index in [2.05, 4.69) is 6.92 Å². The van der Waals surface area contributed by atoms with E-state index in [0.29, 0.717) is 5.92 Å². The van der Waals surface area contributed by atoms with E-state index in [-0.39, 0.29) is 6.10 Å². The zero-order valence-corrected chi connectivity index (χ0v) is 7.29. The van der Waals surface area contributed by atoms with Crippen molar-refractivity contribution in [1.29, 1.82) is 0 Å². The first kappa shape index (κ1) is 7.60. The lowest BCUT2D eigenvalue weighted by atomic mass is 9.76. The molecule has 0 radical (unpaired) electrons. The fourth-order valence-electron chi connectivity index (χ4n) is 2.92. The van der Waals surface area contributed by atoms with Crippen LogP contribution in [0.5, 0.6) is 0 Å². The highest BCUT2D eigenvalue weighted by atomic mass is 16.3. The maximum Gasteiger partial charge on any atom is 0.0571 e. The van der Waals surface area contributed by atoms with Crippen molar-refractivity contribution in [1.82, 2.24) is 0 Å². The molecule has 2 saturated carbocycles. The Balaban J connectivity index is 2.01. The Morgan fingerprint density at radius 3 is 2.64 bits per heavy atom. The van der Waals surface area contributed by atoms with E-state index in [0.717, 1.165) is 18.3 Å². The summed E-state index contributed by atoms with van der Waals surface area (Å²) in [6.07, 6.45) is 6.46. The molecular weight excluding hydrogens is 136 g/mol. The van der Waals surface area contributed by atoms with Crippen molar-refractivity contribution in [2.75, 3.05) is 0 Å². The van der Waals surface area contributed by atoms with Crippen LogP contribution in [0.3, 0.4) is 0 Å². The number of hydrogen-bond acceptors (Lipinski definition) is 1. The van der Waals surface area contributed by atoms with Gasteiger partial charge in [0.1, 0.15) is 0 Å². The summed E-state index contributed by atoms with van der Waals surface area (Å²) in [7, 11) is 0. The van der Waals surface area contributed by atoms with E-state index in [4.69, 9.17) is 0 Å². The first-order valence-electron chi connectivity index (χ1n) is 4.95. The van der Waals surface area contributed by atoms with Crippen LogP contribution in [0.2, 0.25) is 0 Å². The van der Waals surface area contributed by atoms with E-state index >= 15 is 0 Å². The van der Waals surface area contributed by atoms with Gasteiger partial charge in [0.25, 0.3) is 0 Å². The van der Waals surface area contributed by atoms with Gasteiger partial charge in [-0.2, -0.15) is 0 Å². The quantitative estimate of drug-likeness (QED) is 0.567. The van der Waals surface area contributed by atoms with Gasteiger partial charge in [-0.15, -0.1) is 0 Å². The molecule has 11 heavy (non-hydrogen) atoms. The summed E-state index contributed by atoms with van der Waals surface area (Å²) < 4.78 is 0. The Hall–Kier alpha value is -0.0400. The Kier molecular flexibility index (Phi) is 1.92. The molecule has 2 aliphatic rings. The van der Waals surface area contributed by atoms with E-state index in [1.807, 2.05) is 0 Å². The molecule has 0 aromatic carbocycles. The van der Waals surface area contributed by atoms with Gasteiger partial charge in [0.05, 0.1) is 6.10 Å². The first-order chi connectivity index (χ1) is 5.27. The van der Waals surface area contributed by atoms with E-state index in [9.17, 15) is 5.11 Å². The fraction of sp³-hybridized carbons (Fsp3) is 1.00. The van der Waals surface area contributed by atoms with Gasteiger partial charge in [0, 0.05) is 0 Å². The fourth-order valence-corrected chi connectivity index (χ4v) is 2.92. The minimum Gasteiger partial charge on any atom is -0.393 e. The predicted molar refractivity (Wildman–Crippen MR) is 45.2 cm³/mol. The lowest BCUT2D eigenvalue weighted by Gasteiger charge is -2.31. The summed E-state index contributed by atoms with van der Waals surface area (Å²) in [5.74, 6) is 2.41. The van der Waals surface area contributed by atoms with Crippen LogP contribution in [0.1, 0.15) is 39.0 Å². The molecule has 2 fully saturated rings. The first-order valence-corrected chi connectivity index (χ1v) is 4.95. The van der Waals surface area contributed by atoms with E-state index in [1.165, 1.54) is 25.7 Å². The minimum absolute atomic E-state index is 0.0442. The van der Waals surface area contributed by atoms with Crippen molar-refractivity contribution in [2.45, 2.75) is 45.1 Å². The number of hydrogen-bond donors (Lipinski definition) is 1. The molecule has 0 saturated heterocycles. The Morgan fingerprint density at radius 1 is 1.09 bits per heavy atom. The summed E-state index contributed by atoms with van der Waals surface area (Å²) in [6.45, 7) is 2.32. The number of rotatable bonds is 0. The molecule has 1 nitrogen and oxygen atoms in total. The monoisotopic (exact) mass is 154 g/mol. The molecule has 2 unspecified atom stereocenters. The molecule has 64 valence electrons. The molecule has 1 N–H and O–H groups in total. The summed E-state index contributed by atoms with van der Waals surface area (Å²) in [6, 6.07) is 0. The summed E-state index contributed by atoms with van der Waals surface area (Å²) >= 11 is 0. The van der Waals surface area contributed by atoms with Crippen LogP contribution in [0, 0.1) is 17.8 Å². The van der Waals surface area contributed by atoms with Crippen molar-refractivity contribution in [3.05, 3.63) is 0 Å². The molecule has 0 amide bonds. The summed E-state index contributed by atoms with van der Waals surface area (Å²) in [5.41, 5.74) is 0. The van der Waals surface area contributed by atoms with Crippen LogP contribution >= 0.6 is 0 Å². The molecule has 0 spiro atoms. The highest BCUT2D eigenvalue weighted by Crippen LogP contribution is 2.44. The lowest BCUT2D eigenvalue weighted by molar-refractivity contribution is 0.0804. The summed E-state index contributed by atoms with van der Waals surface area (Å²) in [5, 5.41) is 9.64. The van der Waals surface area contributed by atoms with Gasteiger partial charge in [-0.25, -0.2) is 0 Å². The highest BCUT2D eigenvalue weighted by Gasteiger charge is 2.38. The van der Waals surface area contributed by atoms with Gasteiger partial charge in [0.2, 0.25) is 0 Å².